The van der Waals surface area contributed by atoms with Gasteiger partial charge in [-0.15, -0.1) is 0 Å². The molecule has 2 aliphatic rings. The highest BCUT2D eigenvalue weighted by Crippen LogP contribution is 2.35. The molecule has 17 heavy (non-hydrogen) atoms. The Morgan fingerprint density at radius 1 is 1.12 bits per heavy atom. The third-order valence-corrected chi connectivity index (χ3v) is 4.44. The Morgan fingerprint density at radius 2 is 1.88 bits per heavy atom. The van der Waals surface area contributed by atoms with Gasteiger partial charge in [-0.3, -0.25) is 0 Å². The van der Waals surface area contributed by atoms with Crippen LogP contribution in [0.4, 0.5) is 0 Å². The number of fused-ring (bicyclic) bond motifs is 2. The maximum absolute atomic E-state index is 6.10. The minimum Gasteiger partial charge on any atom is -0.378 e. The second kappa shape index (κ2) is 4.89. The lowest BCUT2D eigenvalue weighted by Gasteiger charge is -2.48. The lowest BCUT2D eigenvalue weighted by atomic mass is 9.76. The van der Waals surface area contributed by atoms with Gasteiger partial charge in [-0.25, -0.2) is 0 Å². The van der Waals surface area contributed by atoms with Gasteiger partial charge in [0.1, 0.15) is 0 Å². The van der Waals surface area contributed by atoms with Crippen LogP contribution >= 0.6 is 0 Å². The number of nitrogens with one attached hydrogen (secondary N) is 1. The molecule has 0 spiro atoms. The Balaban J connectivity index is 2.09. The molecule has 0 amide bonds. The summed E-state index contributed by atoms with van der Waals surface area (Å²) in [7, 11) is 0. The molecule has 0 aliphatic carbocycles. The topological polar surface area (TPSA) is 21.3 Å². The molecule has 0 aromatic carbocycles. The number of rotatable bonds is 0. The molecule has 2 bridgehead atoms. The summed E-state index contributed by atoms with van der Waals surface area (Å²) < 4.78 is 6.10. The fourth-order valence-corrected chi connectivity index (χ4v) is 3.74. The van der Waals surface area contributed by atoms with E-state index in [9.17, 15) is 0 Å². The van der Waals surface area contributed by atoms with Crippen molar-refractivity contribution in [1.29, 1.82) is 0 Å². The second-order valence-electron chi connectivity index (χ2n) is 7.26. The van der Waals surface area contributed by atoms with Crippen molar-refractivity contribution in [2.75, 3.05) is 6.61 Å². The zero-order valence-corrected chi connectivity index (χ0v) is 12.0. The quantitative estimate of drug-likeness (QED) is 0.698. The fraction of sp³-hybridized carbons (Fsp3) is 1.00. The Bertz CT molecular complexity index is 264. The molecule has 0 radical (unpaired) electrons. The number of ether oxygens (including phenoxy) is 1. The average molecular weight is 239 g/mol. The zero-order chi connectivity index (χ0) is 12.5. The summed E-state index contributed by atoms with van der Waals surface area (Å²) in [5.41, 5.74) is 0.498. The molecule has 2 heteroatoms. The van der Waals surface area contributed by atoms with Crippen LogP contribution in [0.3, 0.4) is 0 Å². The number of piperidine rings is 1. The van der Waals surface area contributed by atoms with E-state index in [4.69, 9.17) is 4.74 Å². The SMILES string of the molecule is CC1CCCOC2CC(C)(C)NC(C)(CC1)C2. The molecule has 3 atom stereocenters. The van der Waals surface area contributed by atoms with Crippen molar-refractivity contribution in [3.05, 3.63) is 0 Å². The van der Waals surface area contributed by atoms with Gasteiger partial charge in [-0.2, -0.15) is 0 Å². The molecule has 2 saturated heterocycles. The van der Waals surface area contributed by atoms with E-state index in [1.807, 2.05) is 0 Å². The number of hydrogen-bond acceptors (Lipinski definition) is 2. The van der Waals surface area contributed by atoms with Crippen LogP contribution in [0.15, 0.2) is 0 Å². The summed E-state index contributed by atoms with van der Waals surface area (Å²) in [6.07, 6.45) is 8.00. The first-order valence-electron chi connectivity index (χ1n) is 7.30. The second-order valence-corrected chi connectivity index (χ2v) is 7.26. The molecule has 0 saturated carbocycles. The van der Waals surface area contributed by atoms with Crippen molar-refractivity contribution in [1.82, 2.24) is 5.32 Å². The Hall–Kier alpha value is -0.0800. The van der Waals surface area contributed by atoms with E-state index in [-0.39, 0.29) is 11.1 Å². The fourth-order valence-electron chi connectivity index (χ4n) is 3.74. The molecule has 2 aliphatic heterocycles. The molecule has 3 unspecified atom stereocenters. The molecular weight excluding hydrogens is 210 g/mol. The van der Waals surface area contributed by atoms with E-state index in [0.29, 0.717) is 6.10 Å². The van der Waals surface area contributed by atoms with Gasteiger partial charge in [-0.1, -0.05) is 6.92 Å². The van der Waals surface area contributed by atoms with Crippen LogP contribution in [0.5, 0.6) is 0 Å². The first-order valence-corrected chi connectivity index (χ1v) is 7.30. The van der Waals surface area contributed by atoms with Gasteiger partial charge >= 0.3 is 0 Å². The summed E-state index contributed by atoms with van der Waals surface area (Å²) in [6.45, 7) is 10.4. The Kier molecular flexibility index (Phi) is 3.84. The van der Waals surface area contributed by atoms with Gasteiger partial charge in [-0.05, 0) is 65.2 Å². The van der Waals surface area contributed by atoms with Crippen molar-refractivity contribution in [2.24, 2.45) is 5.92 Å². The highest BCUT2D eigenvalue weighted by molar-refractivity contribution is 5.00. The van der Waals surface area contributed by atoms with Crippen LogP contribution < -0.4 is 5.32 Å². The van der Waals surface area contributed by atoms with Crippen molar-refractivity contribution in [3.8, 4) is 0 Å². The molecule has 1 N–H and O–H groups in total. The first-order chi connectivity index (χ1) is 7.89. The van der Waals surface area contributed by atoms with Crippen LogP contribution in [0.2, 0.25) is 0 Å². The maximum atomic E-state index is 6.10. The predicted molar refractivity (Wildman–Crippen MR) is 72.2 cm³/mol. The summed E-state index contributed by atoms with van der Waals surface area (Å²) in [6, 6.07) is 0. The zero-order valence-electron chi connectivity index (χ0n) is 12.0. The summed E-state index contributed by atoms with van der Waals surface area (Å²) in [5, 5.41) is 3.86. The molecule has 100 valence electrons. The van der Waals surface area contributed by atoms with Gasteiger partial charge in [0.2, 0.25) is 0 Å². The van der Waals surface area contributed by atoms with Gasteiger partial charge < -0.3 is 10.1 Å². The molecule has 2 rings (SSSR count). The highest BCUT2D eigenvalue weighted by atomic mass is 16.5. The maximum Gasteiger partial charge on any atom is 0.0610 e. The summed E-state index contributed by atoms with van der Waals surface area (Å²) in [4.78, 5) is 0. The summed E-state index contributed by atoms with van der Waals surface area (Å²) >= 11 is 0. The third kappa shape index (κ3) is 3.69. The van der Waals surface area contributed by atoms with Crippen molar-refractivity contribution >= 4 is 0 Å². The molecule has 2 fully saturated rings. The van der Waals surface area contributed by atoms with Crippen molar-refractivity contribution < 1.29 is 4.74 Å². The predicted octanol–water partition coefficient (Wildman–Crippen LogP) is 3.50. The van der Waals surface area contributed by atoms with Crippen LogP contribution in [0.25, 0.3) is 0 Å². The van der Waals surface area contributed by atoms with Crippen LogP contribution in [0.1, 0.15) is 66.2 Å². The monoisotopic (exact) mass is 239 g/mol. The van der Waals surface area contributed by atoms with Crippen LogP contribution in [0, 0.1) is 5.92 Å². The van der Waals surface area contributed by atoms with E-state index >= 15 is 0 Å². The summed E-state index contributed by atoms with van der Waals surface area (Å²) in [5.74, 6) is 0.846. The lowest BCUT2D eigenvalue weighted by molar-refractivity contribution is -0.0345. The van der Waals surface area contributed by atoms with Gasteiger partial charge in [0.05, 0.1) is 6.10 Å². The minimum atomic E-state index is 0.222. The third-order valence-electron chi connectivity index (χ3n) is 4.44. The molecule has 2 nitrogen and oxygen atoms in total. The molecule has 0 aromatic heterocycles. The van der Waals surface area contributed by atoms with Gasteiger partial charge in [0, 0.05) is 17.7 Å². The van der Waals surface area contributed by atoms with E-state index in [0.717, 1.165) is 18.9 Å². The Morgan fingerprint density at radius 3 is 2.65 bits per heavy atom. The lowest BCUT2D eigenvalue weighted by Crippen LogP contribution is -2.61. The Labute approximate surface area is 107 Å². The van der Waals surface area contributed by atoms with Crippen LogP contribution in [-0.4, -0.2) is 23.8 Å². The molecule has 2 heterocycles. The minimum absolute atomic E-state index is 0.222. The van der Waals surface area contributed by atoms with E-state index in [2.05, 4.69) is 33.0 Å². The van der Waals surface area contributed by atoms with E-state index < -0.39 is 0 Å². The molecule has 0 aromatic rings. The van der Waals surface area contributed by atoms with Gasteiger partial charge in [0.15, 0.2) is 0 Å². The average Bonchev–Trinajstić information content (AvgIpc) is 2.18. The highest BCUT2D eigenvalue weighted by Gasteiger charge is 2.40. The van der Waals surface area contributed by atoms with Crippen LogP contribution in [-0.2, 0) is 4.74 Å². The van der Waals surface area contributed by atoms with Crippen molar-refractivity contribution in [2.45, 2.75) is 83.4 Å². The van der Waals surface area contributed by atoms with Crippen molar-refractivity contribution in [3.63, 3.8) is 0 Å². The van der Waals surface area contributed by atoms with E-state index in [1.54, 1.807) is 0 Å². The smallest absolute Gasteiger partial charge is 0.0610 e. The molecular formula is C15H29NO. The first kappa shape index (κ1) is 13.4. The normalized spacial score (nSPS) is 43.1. The van der Waals surface area contributed by atoms with E-state index in [1.165, 1.54) is 32.1 Å². The standard InChI is InChI=1S/C15H29NO/c1-12-6-5-9-17-13-10-14(2,3)16-15(4,11-13)8-7-12/h12-13,16H,5-11H2,1-4H3. The van der Waals surface area contributed by atoms with Gasteiger partial charge in [0.25, 0.3) is 0 Å². The number of hydrogen-bond donors (Lipinski definition) is 1. The largest absolute Gasteiger partial charge is 0.378 e.